The lowest BCUT2D eigenvalue weighted by Crippen LogP contribution is -2.20. The van der Waals surface area contributed by atoms with Gasteiger partial charge in [-0.15, -0.1) is 0 Å². The van der Waals surface area contributed by atoms with E-state index in [9.17, 15) is 4.79 Å². The highest BCUT2D eigenvalue weighted by atomic mass is 16.5. The molecule has 0 fully saturated rings. The standard InChI is InChI=1S/C18H19NO3/c1-21-16-8-3-14(4-9-16)7-12-18(20)19-13-15-5-10-17(22-2)11-6-15/h3-12H,13H2,1-2H3,(H,19,20)/b12-7+. The molecule has 0 atom stereocenters. The van der Waals surface area contributed by atoms with Crippen LogP contribution in [0.2, 0.25) is 0 Å². The molecule has 22 heavy (non-hydrogen) atoms. The van der Waals surface area contributed by atoms with Gasteiger partial charge < -0.3 is 14.8 Å². The molecule has 0 aliphatic heterocycles. The number of ether oxygens (including phenoxy) is 2. The lowest BCUT2D eigenvalue weighted by atomic mass is 10.2. The molecule has 0 spiro atoms. The zero-order chi connectivity index (χ0) is 15.8. The van der Waals surface area contributed by atoms with Crippen LogP contribution < -0.4 is 14.8 Å². The fourth-order valence-electron chi connectivity index (χ4n) is 1.88. The Bertz CT molecular complexity index is 630. The zero-order valence-corrected chi connectivity index (χ0v) is 12.7. The summed E-state index contributed by atoms with van der Waals surface area (Å²) in [5, 5.41) is 2.84. The van der Waals surface area contributed by atoms with Gasteiger partial charge in [0.05, 0.1) is 14.2 Å². The Morgan fingerprint density at radius 3 is 2.05 bits per heavy atom. The molecule has 0 saturated carbocycles. The van der Waals surface area contributed by atoms with Gasteiger partial charge in [0.15, 0.2) is 0 Å². The van der Waals surface area contributed by atoms with E-state index in [2.05, 4.69) is 5.32 Å². The monoisotopic (exact) mass is 297 g/mol. The van der Waals surface area contributed by atoms with E-state index < -0.39 is 0 Å². The molecule has 0 unspecified atom stereocenters. The summed E-state index contributed by atoms with van der Waals surface area (Å²) in [5.74, 6) is 1.46. The fourth-order valence-corrected chi connectivity index (χ4v) is 1.88. The van der Waals surface area contributed by atoms with Crippen molar-refractivity contribution >= 4 is 12.0 Å². The Balaban J connectivity index is 1.84. The van der Waals surface area contributed by atoms with Crippen LogP contribution in [0.1, 0.15) is 11.1 Å². The molecule has 0 radical (unpaired) electrons. The summed E-state index contributed by atoms with van der Waals surface area (Å²) in [7, 11) is 3.25. The van der Waals surface area contributed by atoms with Crippen LogP contribution in [-0.2, 0) is 11.3 Å². The Morgan fingerprint density at radius 1 is 0.955 bits per heavy atom. The van der Waals surface area contributed by atoms with E-state index in [-0.39, 0.29) is 5.91 Å². The number of hydrogen-bond donors (Lipinski definition) is 1. The number of rotatable bonds is 6. The molecule has 0 aromatic heterocycles. The molecule has 0 aliphatic rings. The summed E-state index contributed by atoms with van der Waals surface area (Å²) >= 11 is 0. The van der Waals surface area contributed by atoms with Gasteiger partial charge in [0.2, 0.25) is 5.91 Å². The van der Waals surface area contributed by atoms with E-state index >= 15 is 0 Å². The predicted molar refractivity (Wildman–Crippen MR) is 86.9 cm³/mol. The lowest BCUT2D eigenvalue weighted by Gasteiger charge is -2.04. The molecule has 2 aromatic rings. The van der Waals surface area contributed by atoms with Crippen molar-refractivity contribution in [3.8, 4) is 11.5 Å². The zero-order valence-electron chi connectivity index (χ0n) is 12.7. The second-order valence-electron chi connectivity index (χ2n) is 4.67. The molecule has 0 heterocycles. The average Bonchev–Trinajstić information content (AvgIpc) is 2.59. The van der Waals surface area contributed by atoms with Crippen LogP contribution in [0.25, 0.3) is 6.08 Å². The van der Waals surface area contributed by atoms with Gasteiger partial charge in [0.25, 0.3) is 0 Å². The van der Waals surface area contributed by atoms with E-state index in [0.29, 0.717) is 6.54 Å². The Labute approximate surface area is 130 Å². The third-order valence-corrected chi connectivity index (χ3v) is 3.17. The maximum Gasteiger partial charge on any atom is 0.244 e. The number of methoxy groups -OCH3 is 2. The van der Waals surface area contributed by atoms with Gasteiger partial charge in [-0.1, -0.05) is 24.3 Å². The summed E-state index contributed by atoms with van der Waals surface area (Å²) in [6.45, 7) is 0.482. The Hall–Kier alpha value is -2.75. The highest BCUT2D eigenvalue weighted by Crippen LogP contribution is 2.12. The van der Waals surface area contributed by atoms with Crippen LogP contribution in [0.5, 0.6) is 11.5 Å². The van der Waals surface area contributed by atoms with Gasteiger partial charge in [-0.2, -0.15) is 0 Å². The summed E-state index contributed by atoms with van der Waals surface area (Å²) in [6.07, 6.45) is 3.29. The second kappa shape index (κ2) is 7.88. The van der Waals surface area contributed by atoms with Gasteiger partial charge in [0, 0.05) is 12.6 Å². The quantitative estimate of drug-likeness (QED) is 0.834. The normalized spacial score (nSPS) is 10.5. The smallest absolute Gasteiger partial charge is 0.244 e. The predicted octanol–water partition coefficient (Wildman–Crippen LogP) is 3.03. The van der Waals surface area contributed by atoms with Crippen LogP contribution in [-0.4, -0.2) is 20.1 Å². The number of carbonyl (C=O) groups is 1. The van der Waals surface area contributed by atoms with Gasteiger partial charge in [-0.25, -0.2) is 0 Å². The molecule has 4 nitrogen and oxygen atoms in total. The molecule has 4 heteroatoms. The summed E-state index contributed by atoms with van der Waals surface area (Å²) in [4.78, 5) is 11.8. The lowest BCUT2D eigenvalue weighted by molar-refractivity contribution is -0.116. The van der Waals surface area contributed by atoms with Gasteiger partial charge in [-0.3, -0.25) is 4.79 Å². The van der Waals surface area contributed by atoms with Crippen LogP contribution >= 0.6 is 0 Å². The number of amides is 1. The molecule has 0 bridgehead atoms. The molecular weight excluding hydrogens is 278 g/mol. The number of nitrogens with one attached hydrogen (secondary N) is 1. The van der Waals surface area contributed by atoms with Crippen molar-refractivity contribution in [3.05, 3.63) is 65.7 Å². The third-order valence-electron chi connectivity index (χ3n) is 3.17. The molecule has 1 amide bonds. The number of hydrogen-bond acceptors (Lipinski definition) is 3. The first kappa shape index (κ1) is 15.6. The van der Waals surface area contributed by atoms with Crippen molar-refractivity contribution in [2.24, 2.45) is 0 Å². The largest absolute Gasteiger partial charge is 0.497 e. The van der Waals surface area contributed by atoms with Crippen molar-refractivity contribution in [2.45, 2.75) is 6.54 Å². The average molecular weight is 297 g/mol. The number of carbonyl (C=O) groups excluding carboxylic acids is 1. The van der Waals surface area contributed by atoms with E-state index in [1.807, 2.05) is 48.5 Å². The summed E-state index contributed by atoms with van der Waals surface area (Å²) < 4.78 is 10.2. The van der Waals surface area contributed by atoms with E-state index in [1.54, 1.807) is 20.3 Å². The minimum atomic E-state index is -0.133. The van der Waals surface area contributed by atoms with Gasteiger partial charge >= 0.3 is 0 Å². The van der Waals surface area contributed by atoms with Crippen LogP contribution in [0.4, 0.5) is 0 Å². The van der Waals surface area contributed by atoms with E-state index in [4.69, 9.17) is 9.47 Å². The molecule has 0 aliphatic carbocycles. The van der Waals surface area contributed by atoms with Crippen molar-refractivity contribution in [2.75, 3.05) is 14.2 Å². The second-order valence-corrected chi connectivity index (χ2v) is 4.67. The summed E-state index contributed by atoms with van der Waals surface area (Å²) in [6, 6.07) is 15.1. The molecule has 114 valence electrons. The Morgan fingerprint density at radius 2 is 1.50 bits per heavy atom. The molecule has 2 aromatic carbocycles. The van der Waals surface area contributed by atoms with Gasteiger partial charge in [-0.05, 0) is 41.5 Å². The van der Waals surface area contributed by atoms with Gasteiger partial charge in [0.1, 0.15) is 11.5 Å². The maximum absolute atomic E-state index is 11.8. The molecule has 0 saturated heterocycles. The Kier molecular flexibility index (Phi) is 5.60. The molecular formula is C18H19NO3. The molecule has 2 rings (SSSR count). The maximum atomic E-state index is 11.8. The first-order valence-electron chi connectivity index (χ1n) is 6.94. The third kappa shape index (κ3) is 4.66. The van der Waals surface area contributed by atoms with Crippen LogP contribution in [0.15, 0.2) is 54.6 Å². The van der Waals surface area contributed by atoms with E-state index in [0.717, 1.165) is 22.6 Å². The minimum Gasteiger partial charge on any atom is -0.497 e. The highest BCUT2D eigenvalue weighted by molar-refractivity contribution is 5.91. The summed E-state index contributed by atoms with van der Waals surface area (Å²) in [5.41, 5.74) is 1.97. The topological polar surface area (TPSA) is 47.6 Å². The van der Waals surface area contributed by atoms with Crippen LogP contribution in [0, 0.1) is 0 Å². The minimum absolute atomic E-state index is 0.133. The first-order chi connectivity index (χ1) is 10.7. The van der Waals surface area contributed by atoms with E-state index in [1.165, 1.54) is 6.08 Å². The fraction of sp³-hybridized carbons (Fsp3) is 0.167. The van der Waals surface area contributed by atoms with Crippen LogP contribution in [0.3, 0.4) is 0 Å². The highest BCUT2D eigenvalue weighted by Gasteiger charge is 1.98. The number of benzene rings is 2. The van der Waals surface area contributed by atoms with Crippen molar-refractivity contribution in [1.29, 1.82) is 0 Å². The molecule has 1 N–H and O–H groups in total. The first-order valence-corrected chi connectivity index (χ1v) is 6.94. The van der Waals surface area contributed by atoms with Crippen molar-refractivity contribution in [3.63, 3.8) is 0 Å². The van der Waals surface area contributed by atoms with Crippen molar-refractivity contribution in [1.82, 2.24) is 5.32 Å². The SMILES string of the molecule is COc1ccc(/C=C/C(=O)NCc2ccc(OC)cc2)cc1. The van der Waals surface area contributed by atoms with Crippen molar-refractivity contribution < 1.29 is 14.3 Å².